The maximum absolute atomic E-state index is 6.12. The van der Waals surface area contributed by atoms with Crippen molar-refractivity contribution < 1.29 is 0 Å². The standard InChI is InChI=1S/C14H12BrClN2S/c15-12-4-2-1-3-9(12)8-18-10-5-6-11(14(17)19)13(16)7-10/h1-7,18H,8H2,(H2,17,19). The van der Waals surface area contributed by atoms with Crippen molar-refractivity contribution in [2.75, 3.05) is 5.32 Å². The Labute approximate surface area is 131 Å². The molecule has 0 aliphatic carbocycles. The second kappa shape index (κ2) is 6.37. The van der Waals surface area contributed by atoms with Crippen LogP contribution in [0.5, 0.6) is 0 Å². The van der Waals surface area contributed by atoms with Gasteiger partial charge in [-0.25, -0.2) is 0 Å². The number of hydrogen-bond donors (Lipinski definition) is 2. The Hall–Kier alpha value is -1.10. The molecule has 0 radical (unpaired) electrons. The summed E-state index contributed by atoms with van der Waals surface area (Å²) in [5.41, 5.74) is 8.38. The van der Waals surface area contributed by atoms with Gasteiger partial charge >= 0.3 is 0 Å². The van der Waals surface area contributed by atoms with Gasteiger partial charge in [0.2, 0.25) is 0 Å². The van der Waals surface area contributed by atoms with Crippen LogP contribution < -0.4 is 11.1 Å². The van der Waals surface area contributed by atoms with Gasteiger partial charge in [0.1, 0.15) is 4.99 Å². The summed E-state index contributed by atoms with van der Waals surface area (Å²) in [7, 11) is 0. The van der Waals surface area contributed by atoms with Crippen molar-refractivity contribution in [3.05, 3.63) is 63.1 Å². The fourth-order valence-electron chi connectivity index (χ4n) is 1.66. The molecule has 2 nitrogen and oxygen atoms in total. The highest BCUT2D eigenvalue weighted by molar-refractivity contribution is 9.10. The first-order valence-electron chi connectivity index (χ1n) is 5.64. The predicted octanol–water partition coefficient (Wildman–Crippen LogP) is 4.35. The van der Waals surface area contributed by atoms with Crippen LogP contribution in [0.15, 0.2) is 46.9 Å². The summed E-state index contributed by atoms with van der Waals surface area (Å²) >= 11 is 14.6. The zero-order chi connectivity index (χ0) is 13.8. The van der Waals surface area contributed by atoms with Gasteiger partial charge < -0.3 is 11.1 Å². The Kier molecular flexibility index (Phi) is 4.80. The molecule has 0 saturated heterocycles. The van der Waals surface area contributed by atoms with Gasteiger partial charge in [-0.15, -0.1) is 0 Å². The normalized spacial score (nSPS) is 10.2. The second-order valence-corrected chi connectivity index (χ2v) is 5.71. The van der Waals surface area contributed by atoms with Gasteiger partial charge in [-0.05, 0) is 29.8 Å². The van der Waals surface area contributed by atoms with Crippen molar-refractivity contribution in [3.63, 3.8) is 0 Å². The van der Waals surface area contributed by atoms with E-state index in [9.17, 15) is 0 Å². The second-order valence-electron chi connectivity index (χ2n) is 4.00. The molecule has 0 aliphatic rings. The number of thiocarbonyl (C=S) groups is 1. The Balaban J connectivity index is 2.11. The van der Waals surface area contributed by atoms with E-state index in [0.29, 0.717) is 22.1 Å². The lowest BCUT2D eigenvalue weighted by Crippen LogP contribution is -2.10. The van der Waals surface area contributed by atoms with Crippen LogP contribution in [0, 0.1) is 0 Å². The number of nitrogens with one attached hydrogen (secondary N) is 1. The topological polar surface area (TPSA) is 38.0 Å². The molecule has 0 atom stereocenters. The van der Waals surface area contributed by atoms with E-state index in [-0.39, 0.29) is 0 Å². The fraction of sp³-hybridized carbons (Fsp3) is 0.0714. The lowest BCUT2D eigenvalue weighted by Gasteiger charge is -2.10. The minimum absolute atomic E-state index is 0.308. The maximum Gasteiger partial charge on any atom is 0.105 e. The lowest BCUT2D eigenvalue weighted by atomic mass is 10.2. The molecule has 2 aromatic rings. The van der Waals surface area contributed by atoms with Crippen LogP contribution in [-0.4, -0.2) is 4.99 Å². The highest BCUT2D eigenvalue weighted by atomic mass is 79.9. The van der Waals surface area contributed by atoms with Crippen molar-refractivity contribution in [2.45, 2.75) is 6.54 Å². The molecule has 0 aliphatic heterocycles. The van der Waals surface area contributed by atoms with E-state index in [4.69, 9.17) is 29.6 Å². The molecule has 0 spiro atoms. The highest BCUT2D eigenvalue weighted by Gasteiger charge is 2.04. The molecule has 0 bridgehead atoms. The maximum atomic E-state index is 6.12. The predicted molar refractivity (Wildman–Crippen MR) is 88.8 cm³/mol. The third-order valence-electron chi connectivity index (χ3n) is 2.68. The van der Waals surface area contributed by atoms with Gasteiger partial charge in [-0.2, -0.15) is 0 Å². The van der Waals surface area contributed by atoms with Crippen molar-refractivity contribution >= 4 is 50.4 Å². The zero-order valence-corrected chi connectivity index (χ0v) is 13.1. The molecule has 3 N–H and O–H groups in total. The average molecular weight is 356 g/mol. The van der Waals surface area contributed by atoms with Gasteiger partial charge in [0.25, 0.3) is 0 Å². The fourth-order valence-corrected chi connectivity index (χ4v) is 2.61. The molecule has 19 heavy (non-hydrogen) atoms. The number of nitrogens with two attached hydrogens (primary N) is 1. The van der Waals surface area contributed by atoms with Gasteiger partial charge in [-0.3, -0.25) is 0 Å². The Morgan fingerprint density at radius 3 is 2.63 bits per heavy atom. The van der Waals surface area contributed by atoms with Crippen LogP contribution in [0.2, 0.25) is 5.02 Å². The van der Waals surface area contributed by atoms with Gasteiger partial charge in [0, 0.05) is 22.3 Å². The third kappa shape index (κ3) is 3.69. The smallest absolute Gasteiger partial charge is 0.105 e. The molecular weight excluding hydrogens is 344 g/mol. The molecular formula is C14H12BrClN2S. The number of anilines is 1. The van der Waals surface area contributed by atoms with Crippen LogP contribution in [-0.2, 0) is 6.54 Å². The molecule has 2 aromatic carbocycles. The largest absolute Gasteiger partial charge is 0.389 e. The van der Waals surface area contributed by atoms with Crippen molar-refractivity contribution in [1.82, 2.24) is 0 Å². The zero-order valence-electron chi connectivity index (χ0n) is 9.99. The van der Waals surface area contributed by atoms with Crippen molar-refractivity contribution in [3.8, 4) is 0 Å². The Bertz CT molecular complexity index is 616. The van der Waals surface area contributed by atoms with Gasteiger partial charge in [0.05, 0.1) is 5.02 Å². The molecule has 0 fully saturated rings. The lowest BCUT2D eigenvalue weighted by molar-refractivity contribution is 1.14. The van der Waals surface area contributed by atoms with Crippen LogP contribution >= 0.6 is 39.7 Å². The number of rotatable bonds is 4. The van der Waals surface area contributed by atoms with Crippen LogP contribution in [0.25, 0.3) is 0 Å². The first-order valence-corrected chi connectivity index (χ1v) is 7.22. The summed E-state index contributed by atoms with van der Waals surface area (Å²) in [5.74, 6) is 0. The van der Waals surface area contributed by atoms with Crippen molar-refractivity contribution in [2.24, 2.45) is 5.73 Å². The third-order valence-corrected chi connectivity index (χ3v) is 3.98. The summed E-state index contributed by atoms with van der Waals surface area (Å²) in [6, 6.07) is 13.6. The minimum atomic E-state index is 0.308. The molecule has 98 valence electrons. The van der Waals surface area contributed by atoms with Gasteiger partial charge in [-0.1, -0.05) is 57.9 Å². The molecule has 0 saturated carbocycles. The monoisotopic (exact) mass is 354 g/mol. The van der Waals surface area contributed by atoms with E-state index in [1.54, 1.807) is 0 Å². The number of benzene rings is 2. The Morgan fingerprint density at radius 2 is 2.00 bits per heavy atom. The minimum Gasteiger partial charge on any atom is -0.389 e. The molecule has 0 amide bonds. The number of halogens is 2. The van der Waals surface area contributed by atoms with E-state index >= 15 is 0 Å². The summed E-state index contributed by atoms with van der Waals surface area (Å²) in [6.07, 6.45) is 0. The van der Waals surface area contributed by atoms with E-state index in [0.717, 1.165) is 10.2 Å². The summed E-state index contributed by atoms with van der Waals surface area (Å²) in [4.78, 5) is 0.308. The summed E-state index contributed by atoms with van der Waals surface area (Å²) < 4.78 is 1.08. The number of hydrogen-bond acceptors (Lipinski definition) is 2. The highest BCUT2D eigenvalue weighted by Crippen LogP contribution is 2.22. The van der Waals surface area contributed by atoms with E-state index in [1.807, 2.05) is 36.4 Å². The van der Waals surface area contributed by atoms with E-state index in [2.05, 4.69) is 27.3 Å². The van der Waals surface area contributed by atoms with Gasteiger partial charge in [0.15, 0.2) is 0 Å². The van der Waals surface area contributed by atoms with Crippen molar-refractivity contribution in [1.29, 1.82) is 0 Å². The summed E-state index contributed by atoms with van der Waals surface area (Å²) in [6.45, 7) is 0.712. The first kappa shape index (κ1) is 14.3. The Morgan fingerprint density at radius 1 is 1.26 bits per heavy atom. The van der Waals surface area contributed by atoms with E-state index < -0.39 is 0 Å². The quantitative estimate of drug-likeness (QED) is 0.801. The first-order chi connectivity index (χ1) is 9.08. The summed E-state index contributed by atoms with van der Waals surface area (Å²) in [5, 5.41) is 3.87. The van der Waals surface area contributed by atoms with Crippen LogP contribution in [0.3, 0.4) is 0 Å². The molecule has 0 aromatic heterocycles. The average Bonchev–Trinajstić information content (AvgIpc) is 2.37. The van der Waals surface area contributed by atoms with Crippen LogP contribution in [0.1, 0.15) is 11.1 Å². The molecule has 0 heterocycles. The van der Waals surface area contributed by atoms with Crippen LogP contribution in [0.4, 0.5) is 5.69 Å². The molecule has 2 rings (SSSR count). The SMILES string of the molecule is NC(=S)c1ccc(NCc2ccccc2Br)cc1Cl. The van der Waals surface area contributed by atoms with E-state index in [1.165, 1.54) is 5.56 Å². The molecule has 0 unspecified atom stereocenters. The molecule has 5 heteroatoms.